The number of aryl methyl sites for hydroxylation is 2. The van der Waals surface area contributed by atoms with E-state index < -0.39 is 12.0 Å². The van der Waals surface area contributed by atoms with E-state index in [1.807, 2.05) is 13.0 Å². The first-order chi connectivity index (χ1) is 9.88. The van der Waals surface area contributed by atoms with Crippen LogP contribution in [0, 0.1) is 19.7 Å². The number of benzene rings is 1. The molecule has 0 spiro atoms. The number of carboxylic acid groups (broad SMARTS) is 1. The zero-order valence-electron chi connectivity index (χ0n) is 12.2. The molecule has 1 unspecified atom stereocenters. The minimum atomic E-state index is -0.976. The van der Waals surface area contributed by atoms with Crippen LogP contribution >= 0.6 is 0 Å². The number of H-pyrrole nitrogens is 1. The Morgan fingerprint density at radius 2 is 2.14 bits per heavy atom. The molecule has 0 bridgehead atoms. The Balaban J connectivity index is 2.25. The third-order valence-electron chi connectivity index (χ3n) is 3.34. The van der Waals surface area contributed by atoms with Gasteiger partial charge in [0.05, 0.1) is 5.69 Å². The molecule has 5 nitrogen and oxygen atoms in total. The Morgan fingerprint density at radius 1 is 1.43 bits per heavy atom. The fourth-order valence-corrected chi connectivity index (χ4v) is 2.33. The third-order valence-corrected chi connectivity index (χ3v) is 3.34. The summed E-state index contributed by atoms with van der Waals surface area (Å²) in [5.74, 6) is -1.32. The SMILES string of the molecule is Cc1cc(CN(C)C(C(=O)O)c2ccc(F)c(C)c2)n[nH]1. The van der Waals surface area contributed by atoms with E-state index in [1.165, 1.54) is 12.1 Å². The molecule has 0 aliphatic carbocycles. The summed E-state index contributed by atoms with van der Waals surface area (Å²) in [4.78, 5) is 13.2. The second kappa shape index (κ2) is 6.05. The van der Waals surface area contributed by atoms with Gasteiger partial charge in [-0.05, 0) is 44.2 Å². The largest absolute Gasteiger partial charge is 0.480 e. The van der Waals surface area contributed by atoms with Gasteiger partial charge in [-0.2, -0.15) is 5.10 Å². The number of aromatic nitrogens is 2. The molecule has 1 atom stereocenters. The van der Waals surface area contributed by atoms with Crippen LogP contribution < -0.4 is 0 Å². The zero-order chi connectivity index (χ0) is 15.6. The number of aliphatic carboxylic acids is 1. The summed E-state index contributed by atoms with van der Waals surface area (Å²) >= 11 is 0. The maximum atomic E-state index is 13.3. The molecule has 0 fully saturated rings. The monoisotopic (exact) mass is 291 g/mol. The topological polar surface area (TPSA) is 69.2 Å². The first kappa shape index (κ1) is 15.2. The Kier molecular flexibility index (Phi) is 4.37. The van der Waals surface area contributed by atoms with Gasteiger partial charge < -0.3 is 5.11 Å². The van der Waals surface area contributed by atoms with E-state index in [-0.39, 0.29) is 5.82 Å². The Morgan fingerprint density at radius 3 is 2.67 bits per heavy atom. The van der Waals surface area contributed by atoms with E-state index in [1.54, 1.807) is 24.9 Å². The number of aromatic amines is 1. The normalized spacial score (nSPS) is 12.6. The molecule has 1 heterocycles. The summed E-state index contributed by atoms with van der Waals surface area (Å²) in [6.07, 6.45) is 0. The van der Waals surface area contributed by atoms with Crippen molar-refractivity contribution in [1.82, 2.24) is 15.1 Å². The summed E-state index contributed by atoms with van der Waals surface area (Å²) in [6, 6.07) is 5.40. The van der Waals surface area contributed by atoms with E-state index in [9.17, 15) is 14.3 Å². The van der Waals surface area contributed by atoms with Gasteiger partial charge >= 0.3 is 5.97 Å². The van der Waals surface area contributed by atoms with Gasteiger partial charge in [0.25, 0.3) is 0 Å². The number of likely N-dealkylation sites (N-methyl/N-ethyl adjacent to an activating group) is 1. The van der Waals surface area contributed by atoms with Crippen molar-refractivity contribution in [3.8, 4) is 0 Å². The van der Waals surface area contributed by atoms with E-state index >= 15 is 0 Å². The predicted molar refractivity (Wildman–Crippen MR) is 76.3 cm³/mol. The van der Waals surface area contributed by atoms with Crippen LogP contribution in [0.4, 0.5) is 4.39 Å². The summed E-state index contributed by atoms with van der Waals surface area (Å²) < 4.78 is 13.3. The average Bonchev–Trinajstić information content (AvgIpc) is 2.79. The second-order valence-electron chi connectivity index (χ2n) is 5.21. The zero-order valence-corrected chi connectivity index (χ0v) is 12.2. The van der Waals surface area contributed by atoms with Crippen molar-refractivity contribution in [3.63, 3.8) is 0 Å². The van der Waals surface area contributed by atoms with Crippen molar-refractivity contribution in [2.24, 2.45) is 0 Å². The number of nitrogens with one attached hydrogen (secondary N) is 1. The number of rotatable bonds is 5. The molecule has 1 aromatic carbocycles. The lowest BCUT2D eigenvalue weighted by Gasteiger charge is -2.24. The first-order valence-corrected chi connectivity index (χ1v) is 6.58. The van der Waals surface area contributed by atoms with Gasteiger partial charge in [-0.25, -0.2) is 4.39 Å². The van der Waals surface area contributed by atoms with E-state index in [0.717, 1.165) is 11.4 Å². The standard InChI is InChI=1S/C15H18FN3O2/c1-9-6-11(4-5-13(9)16)14(15(20)21)19(3)8-12-7-10(2)17-18-12/h4-7,14H,8H2,1-3H3,(H,17,18)(H,20,21). The summed E-state index contributed by atoms with van der Waals surface area (Å²) in [5.41, 5.74) is 2.67. The smallest absolute Gasteiger partial charge is 0.325 e. The molecule has 2 aromatic rings. The van der Waals surface area contributed by atoms with Crippen LogP contribution in [0.25, 0.3) is 0 Å². The number of hydrogen-bond donors (Lipinski definition) is 2. The lowest BCUT2D eigenvalue weighted by Crippen LogP contribution is -2.30. The minimum Gasteiger partial charge on any atom is -0.480 e. The molecule has 6 heteroatoms. The number of carbonyl (C=O) groups is 1. The fourth-order valence-electron chi connectivity index (χ4n) is 2.33. The van der Waals surface area contributed by atoms with Crippen LogP contribution in [0.1, 0.15) is 28.6 Å². The maximum absolute atomic E-state index is 13.3. The molecule has 112 valence electrons. The van der Waals surface area contributed by atoms with Crippen molar-refractivity contribution < 1.29 is 14.3 Å². The van der Waals surface area contributed by atoms with Crippen LogP contribution in [0.15, 0.2) is 24.3 Å². The van der Waals surface area contributed by atoms with Gasteiger partial charge in [0.2, 0.25) is 0 Å². The van der Waals surface area contributed by atoms with E-state index in [4.69, 9.17) is 0 Å². The van der Waals surface area contributed by atoms with E-state index in [0.29, 0.717) is 17.7 Å². The van der Waals surface area contributed by atoms with Crippen molar-refractivity contribution >= 4 is 5.97 Å². The van der Waals surface area contributed by atoms with Gasteiger partial charge in [-0.3, -0.25) is 14.8 Å². The lowest BCUT2D eigenvalue weighted by molar-refractivity contribution is -0.143. The number of halogens is 1. The molecule has 2 rings (SSSR count). The van der Waals surface area contributed by atoms with Crippen LogP contribution in [0.5, 0.6) is 0 Å². The van der Waals surface area contributed by atoms with Crippen molar-refractivity contribution in [2.45, 2.75) is 26.4 Å². The number of hydrogen-bond acceptors (Lipinski definition) is 3. The number of nitrogens with zero attached hydrogens (tertiary/aromatic N) is 2. The molecule has 1 aromatic heterocycles. The van der Waals surface area contributed by atoms with Crippen LogP contribution in [-0.4, -0.2) is 33.2 Å². The third kappa shape index (κ3) is 3.46. The highest BCUT2D eigenvalue weighted by molar-refractivity contribution is 5.75. The first-order valence-electron chi connectivity index (χ1n) is 6.58. The second-order valence-corrected chi connectivity index (χ2v) is 5.21. The highest BCUT2D eigenvalue weighted by atomic mass is 19.1. The molecule has 0 saturated carbocycles. The Labute approximate surface area is 122 Å². The summed E-state index contributed by atoms with van der Waals surface area (Å²) in [7, 11) is 1.71. The fraction of sp³-hybridized carbons (Fsp3) is 0.333. The van der Waals surface area contributed by atoms with Gasteiger partial charge in [-0.15, -0.1) is 0 Å². The Bertz CT molecular complexity index is 654. The molecular weight excluding hydrogens is 273 g/mol. The molecule has 21 heavy (non-hydrogen) atoms. The van der Waals surface area contributed by atoms with Gasteiger partial charge in [0, 0.05) is 12.2 Å². The van der Waals surface area contributed by atoms with Crippen LogP contribution in [0.3, 0.4) is 0 Å². The van der Waals surface area contributed by atoms with Gasteiger partial charge in [0.15, 0.2) is 0 Å². The molecule has 0 aliphatic rings. The quantitative estimate of drug-likeness (QED) is 0.887. The number of carboxylic acids is 1. The summed E-state index contributed by atoms with van der Waals surface area (Å²) in [5, 5.41) is 16.4. The van der Waals surface area contributed by atoms with Gasteiger partial charge in [0.1, 0.15) is 11.9 Å². The van der Waals surface area contributed by atoms with E-state index in [2.05, 4.69) is 10.2 Å². The summed E-state index contributed by atoms with van der Waals surface area (Å²) in [6.45, 7) is 3.89. The van der Waals surface area contributed by atoms with Crippen LogP contribution in [-0.2, 0) is 11.3 Å². The Hall–Kier alpha value is -2.21. The molecule has 0 radical (unpaired) electrons. The maximum Gasteiger partial charge on any atom is 0.325 e. The molecular formula is C15H18FN3O2. The molecule has 0 aliphatic heterocycles. The molecule has 0 saturated heterocycles. The highest BCUT2D eigenvalue weighted by Gasteiger charge is 2.25. The lowest BCUT2D eigenvalue weighted by atomic mass is 10.0. The molecule has 0 amide bonds. The van der Waals surface area contributed by atoms with Crippen molar-refractivity contribution in [3.05, 3.63) is 52.6 Å². The van der Waals surface area contributed by atoms with Crippen molar-refractivity contribution in [2.75, 3.05) is 7.05 Å². The minimum absolute atomic E-state index is 0.339. The predicted octanol–water partition coefficient (Wildman–Crippen LogP) is 2.42. The van der Waals surface area contributed by atoms with Gasteiger partial charge in [-0.1, -0.05) is 12.1 Å². The average molecular weight is 291 g/mol. The van der Waals surface area contributed by atoms with Crippen molar-refractivity contribution in [1.29, 1.82) is 0 Å². The molecule has 2 N–H and O–H groups in total. The van der Waals surface area contributed by atoms with Crippen LogP contribution in [0.2, 0.25) is 0 Å². The highest BCUT2D eigenvalue weighted by Crippen LogP contribution is 2.23.